The Kier molecular flexibility index (Phi) is 4.88. The number of benzene rings is 1. The molecule has 116 valence electrons. The SMILES string of the molecule is CCCNC(Cc1ccc(C)cc1Cl)C1CC2CCC1O2. The van der Waals surface area contributed by atoms with Crippen molar-refractivity contribution in [3.63, 3.8) is 0 Å². The topological polar surface area (TPSA) is 21.3 Å². The van der Waals surface area contributed by atoms with Gasteiger partial charge in [-0.2, -0.15) is 0 Å². The van der Waals surface area contributed by atoms with Gasteiger partial charge in [-0.05, 0) is 62.8 Å². The van der Waals surface area contributed by atoms with E-state index in [-0.39, 0.29) is 0 Å². The van der Waals surface area contributed by atoms with E-state index in [4.69, 9.17) is 16.3 Å². The van der Waals surface area contributed by atoms with E-state index in [1.807, 2.05) is 0 Å². The van der Waals surface area contributed by atoms with Gasteiger partial charge in [-0.25, -0.2) is 0 Å². The van der Waals surface area contributed by atoms with Gasteiger partial charge < -0.3 is 10.1 Å². The van der Waals surface area contributed by atoms with Crippen molar-refractivity contribution >= 4 is 11.6 Å². The summed E-state index contributed by atoms with van der Waals surface area (Å²) in [5.41, 5.74) is 2.49. The molecule has 0 amide bonds. The summed E-state index contributed by atoms with van der Waals surface area (Å²) in [6.45, 7) is 5.38. The maximum absolute atomic E-state index is 6.43. The van der Waals surface area contributed by atoms with Gasteiger partial charge in [0.25, 0.3) is 0 Å². The number of ether oxygens (including phenoxy) is 1. The van der Waals surface area contributed by atoms with Gasteiger partial charge in [-0.1, -0.05) is 30.7 Å². The van der Waals surface area contributed by atoms with E-state index in [0.717, 1.165) is 18.0 Å². The van der Waals surface area contributed by atoms with E-state index in [0.29, 0.717) is 24.2 Å². The van der Waals surface area contributed by atoms with Crippen LogP contribution in [0.3, 0.4) is 0 Å². The number of halogens is 1. The lowest BCUT2D eigenvalue weighted by Crippen LogP contribution is -2.42. The molecule has 21 heavy (non-hydrogen) atoms. The van der Waals surface area contributed by atoms with Crippen LogP contribution in [0.5, 0.6) is 0 Å². The standard InChI is InChI=1S/C18H26ClNO/c1-3-8-20-17(15-11-14-6-7-18(15)21-14)10-13-5-4-12(2)9-16(13)19/h4-5,9,14-15,17-18,20H,3,6-8,10-11H2,1-2H3. The molecule has 1 aromatic carbocycles. The Morgan fingerprint density at radius 1 is 1.38 bits per heavy atom. The van der Waals surface area contributed by atoms with Crippen molar-refractivity contribution in [3.8, 4) is 0 Å². The Hall–Kier alpha value is -0.570. The van der Waals surface area contributed by atoms with Crippen molar-refractivity contribution in [2.75, 3.05) is 6.54 Å². The molecule has 0 radical (unpaired) electrons. The lowest BCUT2D eigenvalue weighted by Gasteiger charge is -2.30. The number of hydrogen-bond acceptors (Lipinski definition) is 2. The number of fused-ring (bicyclic) bond motifs is 2. The van der Waals surface area contributed by atoms with Crippen LogP contribution in [-0.4, -0.2) is 24.8 Å². The van der Waals surface area contributed by atoms with Crippen molar-refractivity contribution in [3.05, 3.63) is 34.3 Å². The number of nitrogens with one attached hydrogen (secondary N) is 1. The number of aryl methyl sites for hydroxylation is 1. The molecule has 0 aromatic heterocycles. The molecule has 1 aromatic rings. The Bertz CT molecular complexity index is 490. The first-order valence-electron chi connectivity index (χ1n) is 8.31. The summed E-state index contributed by atoms with van der Waals surface area (Å²) in [6.07, 6.45) is 6.87. The van der Waals surface area contributed by atoms with Crippen molar-refractivity contribution in [1.82, 2.24) is 5.32 Å². The molecule has 2 nitrogen and oxygen atoms in total. The molecule has 0 aliphatic carbocycles. The average molecular weight is 308 g/mol. The molecular formula is C18H26ClNO. The van der Waals surface area contributed by atoms with Gasteiger partial charge in [0.15, 0.2) is 0 Å². The summed E-state index contributed by atoms with van der Waals surface area (Å²) in [5, 5.41) is 4.65. The zero-order valence-corrected chi connectivity index (χ0v) is 13.8. The zero-order valence-electron chi connectivity index (χ0n) is 13.1. The number of rotatable bonds is 6. The second-order valence-corrected chi connectivity index (χ2v) is 7.04. The van der Waals surface area contributed by atoms with E-state index in [1.54, 1.807) is 0 Å². The Morgan fingerprint density at radius 2 is 2.24 bits per heavy atom. The molecule has 2 aliphatic heterocycles. The van der Waals surface area contributed by atoms with Crippen LogP contribution < -0.4 is 5.32 Å². The van der Waals surface area contributed by atoms with Gasteiger partial charge in [-0.15, -0.1) is 0 Å². The molecule has 2 aliphatic rings. The molecule has 4 unspecified atom stereocenters. The zero-order chi connectivity index (χ0) is 14.8. The van der Waals surface area contributed by atoms with Crippen LogP contribution in [0.15, 0.2) is 18.2 Å². The highest BCUT2D eigenvalue weighted by molar-refractivity contribution is 6.31. The van der Waals surface area contributed by atoms with Crippen molar-refractivity contribution in [2.24, 2.45) is 5.92 Å². The van der Waals surface area contributed by atoms with Crippen LogP contribution in [0, 0.1) is 12.8 Å². The van der Waals surface area contributed by atoms with Crippen LogP contribution in [-0.2, 0) is 11.2 Å². The summed E-state index contributed by atoms with van der Waals surface area (Å²) in [5.74, 6) is 0.646. The molecule has 2 bridgehead atoms. The Morgan fingerprint density at radius 3 is 2.86 bits per heavy atom. The minimum Gasteiger partial charge on any atom is -0.375 e. The molecule has 4 atom stereocenters. The van der Waals surface area contributed by atoms with Gasteiger partial charge in [0.2, 0.25) is 0 Å². The van der Waals surface area contributed by atoms with Crippen molar-refractivity contribution in [1.29, 1.82) is 0 Å². The van der Waals surface area contributed by atoms with Gasteiger partial charge in [0.1, 0.15) is 0 Å². The predicted octanol–water partition coefficient (Wildman–Crippen LogP) is 4.13. The maximum Gasteiger partial charge on any atom is 0.0623 e. The van der Waals surface area contributed by atoms with Crippen LogP contribution in [0.2, 0.25) is 5.02 Å². The van der Waals surface area contributed by atoms with Crippen molar-refractivity contribution < 1.29 is 4.74 Å². The van der Waals surface area contributed by atoms with Gasteiger partial charge >= 0.3 is 0 Å². The molecule has 3 heteroatoms. The quantitative estimate of drug-likeness (QED) is 0.853. The molecule has 3 rings (SSSR count). The van der Waals surface area contributed by atoms with Gasteiger partial charge in [0.05, 0.1) is 12.2 Å². The van der Waals surface area contributed by atoms with Crippen LogP contribution in [0.1, 0.15) is 43.7 Å². The Balaban J connectivity index is 1.73. The Labute approximate surface area is 133 Å². The van der Waals surface area contributed by atoms with Crippen molar-refractivity contribution in [2.45, 2.75) is 64.2 Å². The predicted molar refractivity (Wildman–Crippen MR) is 88.0 cm³/mol. The fourth-order valence-corrected chi connectivity index (χ4v) is 4.17. The molecule has 0 spiro atoms. The summed E-state index contributed by atoms with van der Waals surface area (Å²) in [6, 6.07) is 6.91. The smallest absolute Gasteiger partial charge is 0.0623 e. The monoisotopic (exact) mass is 307 g/mol. The largest absolute Gasteiger partial charge is 0.375 e. The van der Waals surface area contributed by atoms with Crippen LogP contribution in [0.25, 0.3) is 0 Å². The fraction of sp³-hybridized carbons (Fsp3) is 0.667. The lowest BCUT2D eigenvalue weighted by molar-refractivity contribution is 0.0857. The molecule has 2 saturated heterocycles. The van der Waals surface area contributed by atoms with E-state index in [2.05, 4.69) is 37.4 Å². The third kappa shape index (κ3) is 3.44. The summed E-state index contributed by atoms with van der Waals surface area (Å²) in [7, 11) is 0. The summed E-state index contributed by atoms with van der Waals surface area (Å²) >= 11 is 6.43. The highest BCUT2D eigenvalue weighted by Gasteiger charge is 2.44. The molecular weight excluding hydrogens is 282 g/mol. The third-order valence-electron chi connectivity index (χ3n) is 4.97. The summed E-state index contributed by atoms with van der Waals surface area (Å²) in [4.78, 5) is 0. The second kappa shape index (κ2) is 6.68. The summed E-state index contributed by atoms with van der Waals surface area (Å²) < 4.78 is 6.06. The molecule has 2 fully saturated rings. The van der Waals surface area contributed by atoms with Crippen LogP contribution in [0.4, 0.5) is 0 Å². The lowest BCUT2D eigenvalue weighted by atomic mass is 9.81. The van der Waals surface area contributed by atoms with Crippen LogP contribution >= 0.6 is 11.6 Å². The van der Waals surface area contributed by atoms with Gasteiger partial charge in [-0.3, -0.25) is 0 Å². The highest BCUT2D eigenvalue weighted by atomic mass is 35.5. The first-order chi connectivity index (χ1) is 10.2. The van der Waals surface area contributed by atoms with E-state index < -0.39 is 0 Å². The van der Waals surface area contributed by atoms with E-state index in [9.17, 15) is 0 Å². The average Bonchev–Trinajstić information content (AvgIpc) is 3.08. The molecule has 0 saturated carbocycles. The first kappa shape index (κ1) is 15.3. The number of hydrogen-bond donors (Lipinski definition) is 1. The third-order valence-corrected chi connectivity index (χ3v) is 5.33. The second-order valence-electron chi connectivity index (χ2n) is 6.63. The fourth-order valence-electron chi connectivity index (χ4n) is 3.86. The van der Waals surface area contributed by atoms with E-state index >= 15 is 0 Å². The normalized spacial score (nSPS) is 29.0. The molecule has 1 N–H and O–H groups in total. The first-order valence-corrected chi connectivity index (χ1v) is 8.69. The maximum atomic E-state index is 6.43. The molecule has 2 heterocycles. The minimum atomic E-state index is 0.466. The van der Waals surface area contributed by atoms with Gasteiger partial charge in [0, 0.05) is 17.0 Å². The highest BCUT2D eigenvalue weighted by Crippen LogP contribution is 2.41. The minimum absolute atomic E-state index is 0.466. The van der Waals surface area contributed by atoms with E-state index in [1.165, 1.54) is 36.8 Å².